The Morgan fingerprint density at radius 2 is 1.94 bits per heavy atom. The molecule has 5 nitrogen and oxygen atoms in total. The first-order valence-electron chi connectivity index (χ1n) is 5.47. The molecule has 0 fully saturated rings. The van der Waals surface area contributed by atoms with Crippen LogP contribution in [0.3, 0.4) is 0 Å². The van der Waals surface area contributed by atoms with Gasteiger partial charge in [-0.05, 0) is 18.6 Å². The number of benzene rings is 1. The Kier molecular flexibility index (Phi) is 3.72. The predicted octanol–water partition coefficient (Wildman–Crippen LogP) is 2.21. The molecule has 0 unspecified atom stereocenters. The Labute approximate surface area is 110 Å². The highest BCUT2D eigenvalue weighted by atomic mass is 35.5. The molecule has 1 aromatic rings. The van der Waals surface area contributed by atoms with Gasteiger partial charge in [0.25, 0.3) is 0 Å². The Morgan fingerprint density at radius 1 is 1.17 bits per heavy atom. The van der Waals surface area contributed by atoms with Crippen LogP contribution in [0.15, 0.2) is 22.3 Å². The lowest BCUT2D eigenvalue weighted by Crippen LogP contribution is -2.18. The molecule has 1 heterocycles. The number of nitrogens with zero attached hydrogens (tertiary/aromatic N) is 2. The summed E-state index contributed by atoms with van der Waals surface area (Å²) in [4.78, 5) is 0. The first kappa shape index (κ1) is 12.7. The normalized spacial score (nSPS) is 14.8. The van der Waals surface area contributed by atoms with Crippen LogP contribution in [0.4, 0.5) is 0 Å². The van der Waals surface area contributed by atoms with Gasteiger partial charge in [0.2, 0.25) is 0 Å². The topological polar surface area (TPSA) is 69.2 Å². The molecule has 2 rings (SSSR count). The number of hydrogen-bond donors (Lipinski definition) is 1. The van der Waals surface area contributed by atoms with Gasteiger partial charge < -0.3 is 15.2 Å². The van der Waals surface area contributed by atoms with E-state index < -0.39 is 0 Å². The van der Waals surface area contributed by atoms with Crippen molar-refractivity contribution in [2.24, 2.45) is 15.9 Å². The molecule has 1 aromatic carbocycles. The molecule has 96 valence electrons. The molecule has 0 aromatic heterocycles. The van der Waals surface area contributed by atoms with E-state index in [1.807, 2.05) is 6.07 Å². The van der Waals surface area contributed by atoms with Crippen molar-refractivity contribution in [3.05, 3.63) is 22.7 Å². The fraction of sp³-hybridized carbons (Fsp3) is 0.333. The molecular weight excluding hydrogens is 254 g/mol. The fourth-order valence-electron chi connectivity index (χ4n) is 1.77. The highest BCUT2D eigenvalue weighted by molar-refractivity contribution is 6.36. The second kappa shape index (κ2) is 5.27. The van der Waals surface area contributed by atoms with E-state index in [1.165, 1.54) is 0 Å². The first-order valence-corrected chi connectivity index (χ1v) is 5.85. The first-order chi connectivity index (χ1) is 8.67. The highest BCUT2D eigenvalue weighted by Crippen LogP contribution is 2.38. The van der Waals surface area contributed by atoms with Gasteiger partial charge in [0, 0.05) is 12.0 Å². The minimum absolute atomic E-state index is 0.478. The summed E-state index contributed by atoms with van der Waals surface area (Å²) in [5, 5.41) is 8.43. The number of hydrogen-bond acceptors (Lipinski definition) is 5. The van der Waals surface area contributed by atoms with Crippen molar-refractivity contribution in [1.82, 2.24) is 0 Å². The third-order valence-corrected chi connectivity index (χ3v) is 3.09. The SMILES string of the molecule is COc1ccc(C2=NN=C(N)CC2)c(Cl)c1OC. The van der Waals surface area contributed by atoms with E-state index in [2.05, 4.69) is 10.2 Å². The van der Waals surface area contributed by atoms with E-state index in [9.17, 15) is 0 Å². The number of amidine groups is 1. The monoisotopic (exact) mass is 267 g/mol. The summed E-state index contributed by atoms with van der Waals surface area (Å²) >= 11 is 6.30. The van der Waals surface area contributed by atoms with E-state index in [4.69, 9.17) is 26.8 Å². The zero-order chi connectivity index (χ0) is 13.1. The Bertz CT molecular complexity index is 526. The van der Waals surface area contributed by atoms with Gasteiger partial charge in [-0.3, -0.25) is 0 Å². The number of rotatable bonds is 3. The lowest BCUT2D eigenvalue weighted by atomic mass is 10.0. The van der Waals surface area contributed by atoms with Gasteiger partial charge in [0.1, 0.15) is 5.84 Å². The van der Waals surface area contributed by atoms with Crippen LogP contribution in [-0.4, -0.2) is 25.8 Å². The largest absolute Gasteiger partial charge is 0.493 e. The van der Waals surface area contributed by atoms with Crippen molar-refractivity contribution in [2.45, 2.75) is 12.8 Å². The lowest BCUT2D eigenvalue weighted by Gasteiger charge is -2.15. The summed E-state index contributed by atoms with van der Waals surface area (Å²) in [6.45, 7) is 0. The molecule has 1 aliphatic rings. The van der Waals surface area contributed by atoms with E-state index in [0.717, 1.165) is 11.3 Å². The Hall–Kier alpha value is -1.75. The molecule has 0 amide bonds. The summed E-state index contributed by atoms with van der Waals surface area (Å²) in [5.41, 5.74) is 7.18. The fourth-order valence-corrected chi connectivity index (χ4v) is 2.11. The quantitative estimate of drug-likeness (QED) is 0.913. The molecular formula is C12H14ClN3O2. The summed E-state index contributed by atoms with van der Waals surface area (Å²) in [6, 6.07) is 3.64. The molecule has 0 aliphatic carbocycles. The molecule has 2 N–H and O–H groups in total. The van der Waals surface area contributed by atoms with Crippen LogP contribution < -0.4 is 15.2 Å². The second-order valence-corrected chi connectivity index (χ2v) is 4.18. The van der Waals surface area contributed by atoms with Crippen molar-refractivity contribution in [3.63, 3.8) is 0 Å². The third-order valence-electron chi connectivity index (χ3n) is 2.71. The highest BCUT2D eigenvalue weighted by Gasteiger charge is 2.18. The summed E-state index contributed by atoms with van der Waals surface area (Å²) in [6.07, 6.45) is 1.40. The Balaban J connectivity index is 2.47. The van der Waals surface area contributed by atoms with E-state index >= 15 is 0 Å². The van der Waals surface area contributed by atoms with Crippen LogP contribution in [-0.2, 0) is 0 Å². The third kappa shape index (κ3) is 2.26. The molecule has 18 heavy (non-hydrogen) atoms. The van der Waals surface area contributed by atoms with Crippen LogP contribution in [0.25, 0.3) is 0 Å². The predicted molar refractivity (Wildman–Crippen MR) is 71.9 cm³/mol. The minimum atomic E-state index is 0.478. The summed E-state index contributed by atoms with van der Waals surface area (Å²) in [5.74, 6) is 1.63. The van der Waals surface area contributed by atoms with Crippen LogP contribution >= 0.6 is 11.6 Å². The van der Waals surface area contributed by atoms with Crippen LogP contribution in [0.5, 0.6) is 11.5 Å². The maximum absolute atomic E-state index is 6.30. The van der Waals surface area contributed by atoms with Crippen molar-refractivity contribution in [3.8, 4) is 11.5 Å². The maximum Gasteiger partial charge on any atom is 0.180 e. The van der Waals surface area contributed by atoms with Gasteiger partial charge in [-0.15, -0.1) is 5.10 Å². The van der Waals surface area contributed by atoms with Crippen molar-refractivity contribution in [2.75, 3.05) is 14.2 Å². The van der Waals surface area contributed by atoms with Crippen LogP contribution in [0, 0.1) is 0 Å². The molecule has 0 spiro atoms. The van der Waals surface area contributed by atoms with E-state index in [1.54, 1.807) is 20.3 Å². The average Bonchev–Trinajstić information content (AvgIpc) is 2.39. The number of halogens is 1. The van der Waals surface area contributed by atoms with Gasteiger partial charge in [0.15, 0.2) is 11.5 Å². The van der Waals surface area contributed by atoms with E-state index in [-0.39, 0.29) is 0 Å². The molecule has 6 heteroatoms. The number of nitrogens with two attached hydrogens (primary N) is 1. The second-order valence-electron chi connectivity index (χ2n) is 3.80. The molecule has 0 radical (unpaired) electrons. The van der Waals surface area contributed by atoms with Crippen molar-refractivity contribution >= 4 is 23.1 Å². The van der Waals surface area contributed by atoms with Gasteiger partial charge in [-0.2, -0.15) is 5.10 Å². The Morgan fingerprint density at radius 3 is 2.50 bits per heavy atom. The van der Waals surface area contributed by atoms with Gasteiger partial charge >= 0.3 is 0 Å². The zero-order valence-electron chi connectivity index (χ0n) is 10.2. The van der Waals surface area contributed by atoms with Crippen molar-refractivity contribution in [1.29, 1.82) is 0 Å². The minimum Gasteiger partial charge on any atom is -0.493 e. The molecule has 0 saturated carbocycles. The number of methoxy groups -OCH3 is 2. The van der Waals surface area contributed by atoms with Crippen LogP contribution in [0.1, 0.15) is 18.4 Å². The van der Waals surface area contributed by atoms with Gasteiger partial charge in [0.05, 0.1) is 25.0 Å². The molecule has 0 saturated heterocycles. The standard InChI is InChI=1S/C12H14ClN3O2/c1-17-9-5-3-7(11(13)12(9)18-2)8-4-6-10(14)16-15-8/h3,5H,4,6H2,1-2H3,(H2,14,16). The van der Waals surface area contributed by atoms with Gasteiger partial charge in [-0.25, -0.2) is 0 Å². The zero-order valence-corrected chi connectivity index (χ0v) is 11.0. The van der Waals surface area contributed by atoms with E-state index in [0.29, 0.717) is 35.2 Å². The molecule has 1 aliphatic heterocycles. The van der Waals surface area contributed by atoms with Crippen LogP contribution in [0.2, 0.25) is 5.02 Å². The summed E-state index contributed by atoms with van der Waals surface area (Å²) in [7, 11) is 3.11. The smallest absolute Gasteiger partial charge is 0.180 e. The maximum atomic E-state index is 6.30. The molecule has 0 atom stereocenters. The average molecular weight is 268 g/mol. The summed E-state index contributed by atoms with van der Waals surface area (Å²) < 4.78 is 10.4. The molecule has 0 bridgehead atoms. The number of ether oxygens (including phenoxy) is 2. The van der Waals surface area contributed by atoms with Gasteiger partial charge in [-0.1, -0.05) is 11.6 Å². The van der Waals surface area contributed by atoms with Crippen molar-refractivity contribution < 1.29 is 9.47 Å². The lowest BCUT2D eigenvalue weighted by molar-refractivity contribution is 0.355.